The molecule has 0 spiro atoms. The topological polar surface area (TPSA) is 38.5 Å². The molecule has 1 fully saturated rings. The summed E-state index contributed by atoms with van der Waals surface area (Å²) in [6, 6.07) is 0. The number of likely N-dealkylation sites (tertiary alicyclic amines) is 1. The first-order valence-electron chi connectivity index (χ1n) is 5.49. The van der Waals surface area contributed by atoms with Gasteiger partial charge in [0.1, 0.15) is 0 Å². The van der Waals surface area contributed by atoms with Crippen LogP contribution in [0.3, 0.4) is 0 Å². The van der Waals surface area contributed by atoms with Gasteiger partial charge in [-0.1, -0.05) is 0 Å². The van der Waals surface area contributed by atoms with Crippen LogP contribution < -0.4 is 5.73 Å². The molecular formula is C10H18F4N2O. The maximum absolute atomic E-state index is 12.8. The zero-order valence-electron chi connectivity index (χ0n) is 9.76. The second-order valence-electron chi connectivity index (χ2n) is 4.43. The van der Waals surface area contributed by atoms with Gasteiger partial charge in [-0.15, -0.1) is 0 Å². The minimum atomic E-state index is -3.95. The van der Waals surface area contributed by atoms with Crippen LogP contribution in [0.1, 0.15) is 12.8 Å². The van der Waals surface area contributed by atoms with Crippen LogP contribution in [0.5, 0.6) is 0 Å². The van der Waals surface area contributed by atoms with E-state index in [9.17, 15) is 17.6 Å². The molecule has 3 nitrogen and oxygen atoms in total. The number of alkyl halides is 4. The normalized spacial score (nSPS) is 22.1. The molecule has 0 aromatic heterocycles. The number of nitrogens with two attached hydrogens (primary N) is 1. The van der Waals surface area contributed by atoms with Crippen molar-refractivity contribution < 1.29 is 22.3 Å². The summed E-state index contributed by atoms with van der Waals surface area (Å²) in [5.74, 6) is -3.95. The van der Waals surface area contributed by atoms with Crippen LogP contribution in [0.2, 0.25) is 0 Å². The Morgan fingerprint density at radius 3 is 2.24 bits per heavy atom. The average molecular weight is 258 g/mol. The van der Waals surface area contributed by atoms with E-state index < -0.39 is 24.5 Å². The summed E-state index contributed by atoms with van der Waals surface area (Å²) < 4.78 is 55.0. The zero-order valence-corrected chi connectivity index (χ0v) is 9.76. The highest BCUT2D eigenvalue weighted by Crippen LogP contribution is 2.29. The summed E-state index contributed by atoms with van der Waals surface area (Å²) in [4.78, 5) is 1.33. The Morgan fingerprint density at radius 1 is 1.35 bits per heavy atom. The minimum absolute atomic E-state index is 0.299. The summed E-state index contributed by atoms with van der Waals surface area (Å²) >= 11 is 0. The Kier molecular flexibility index (Phi) is 4.74. The van der Waals surface area contributed by atoms with E-state index in [1.165, 1.54) is 12.0 Å². The maximum Gasteiger partial charge on any atom is 0.319 e. The molecule has 0 amide bonds. The van der Waals surface area contributed by atoms with Gasteiger partial charge < -0.3 is 10.5 Å². The van der Waals surface area contributed by atoms with Gasteiger partial charge in [-0.25, -0.2) is 8.78 Å². The van der Waals surface area contributed by atoms with Gasteiger partial charge in [0.05, 0.1) is 12.1 Å². The molecule has 102 valence electrons. The van der Waals surface area contributed by atoms with Crippen molar-refractivity contribution in [1.82, 2.24) is 4.90 Å². The molecule has 1 saturated heterocycles. The molecule has 2 N–H and O–H groups in total. The predicted molar refractivity (Wildman–Crippen MR) is 55.4 cm³/mol. The van der Waals surface area contributed by atoms with Gasteiger partial charge in [-0.05, 0) is 12.8 Å². The third kappa shape index (κ3) is 3.53. The smallest absolute Gasteiger partial charge is 0.319 e. The molecule has 1 aliphatic rings. The Hall–Kier alpha value is -0.400. The summed E-state index contributed by atoms with van der Waals surface area (Å²) in [6.07, 6.45) is -2.65. The lowest BCUT2D eigenvalue weighted by molar-refractivity contribution is -0.150. The standard InChI is InChI=1S/C10H18F4N2O/c1-17-9(6-15)2-4-16(5-3-9)7-10(13,14)8(11)12/h8H,2-7,15H2,1H3. The van der Waals surface area contributed by atoms with E-state index in [2.05, 4.69) is 0 Å². The van der Waals surface area contributed by atoms with Crippen molar-refractivity contribution in [3.63, 3.8) is 0 Å². The van der Waals surface area contributed by atoms with Crippen molar-refractivity contribution in [3.8, 4) is 0 Å². The van der Waals surface area contributed by atoms with Crippen LogP contribution in [-0.4, -0.2) is 56.1 Å². The largest absolute Gasteiger partial charge is 0.377 e. The lowest BCUT2D eigenvalue weighted by Crippen LogP contribution is -2.53. The van der Waals surface area contributed by atoms with Crippen molar-refractivity contribution in [3.05, 3.63) is 0 Å². The predicted octanol–water partition coefficient (Wildman–Crippen LogP) is 1.33. The van der Waals surface area contributed by atoms with Gasteiger partial charge in [-0.2, -0.15) is 8.78 Å². The van der Waals surface area contributed by atoms with Gasteiger partial charge in [0, 0.05) is 26.7 Å². The second-order valence-corrected chi connectivity index (χ2v) is 4.43. The Labute approximate surface area is 97.9 Å². The number of nitrogens with zero attached hydrogens (tertiary/aromatic N) is 1. The van der Waals surface area contributed by atoms with Crippen LogP contribution in [0.15, 0.2) is 0 Å². The number of hydrogen-bond donors (Lipinski definition) is 1. The fourth-order valence-electron chi connectivity index (χ4n) is 1.98. The molecule has 0 saturated carbocycles. The highest BCUT2D eigenvalue weighted by molar-refractivity contribution is 4.89. The van der Waals surface area contributed by atoms with Gasteiger partial charge in [0.2, 0.25) is 0 Å². The highest BCUT2D eigenvalue weighted by Gasteiger charge is 2.44. The molecule has 1 rings (SSSR count). The zero-order chi connectivity index (χ0) is 13.1. The van der Waals surface area contributed by atoms with Crippen LogP contribution in [-0.2, 0) is 4.74 Å². The summed E-state index contributed by atoms with van der Waals surface area (Å²) in [6.45, 7) is -0.00167. The molecule has 1 heterocycles. The first-order chi connectivity index (χ1) is 7.85. The molecule has 0 unspecified atom stereocenters. The first-order valence-corrected chi connectivity index (χ1v) is 5.49. The van der Waals surface area contributed by atoms with Crippen molar-refractivity contribution in [2.24, 2.45) is 5.73 Å². The Bertz CT molecular complexity index is 236. The average Bonchev–Trinajstić information content (AvgIpc) is 2.30. The molecule has 0 bridgehead atoms. The van der Waals surface area contributed by atoms with Crippen molar-refractivity contribution in [1.29, 1.82) is 0 Å². The van der Waals surface area contributed by atoms with Crippen LogP contribution in [0, 0.1) is 0 Å². The minimum Gasteiger partial charge on any atom is -0.377 e. The van der Waals surface area contributed by atoms with E-state index in [1.54, 1.807) is 0 Å². The van der Waals surface area contributed by atoms with E-state index in [1.807, 2.05) is 0 Å². The van der Waals surface area contributed by atoms with E-state index in [0.717, 1.165) is 0 Å². The fourth-order valence-corrected chi connectivity index (χ4v) is 1.98. The summed E-state index contributed by atoms with van der Waals surface area (Å²) in [7, 11) is 1.52. The molecule has 0 aromatic carbocycles. The molecule has 0 aromatic rings. The molecule has 1 aliphatic heterocycles. The quantitative estimate of drug-likeness (QED) is 0.756. The lowest BCUT2D eigenvalue weighted by atomic mass is 9.91. The number of methoxy groups -OCH3 is 1. The third-order valence-electron chi connectivity index (χ3n) is 3.33. The molecule has 0 atom stereocenters. The summed E-state index contributed by atoms with van der Waals surface area (Å²) in [5, 5.41) is 0. The van der Waals surface area contributed by atoms with Crippen LogP contribution in [0.4, 0.5) is 17.6 Å². The SMILES string of the molecule is COC1(CN)CCN(CC(F)(F)C(F)F)CC1. The maximum atomic E-state index is 12.8. The van der Waals surface area contributed by atoms with Crippen LogP contribution >= 0.6 is 0 Å². The van der Waals surface area contributed by atoms with Crippen molar-refractivity contribution >= 4 is 0 Å². The van der Waals surface area contributed by atoms with Gasteiger partial charge in [-0.3, -0.25) is 4.90 Å². The first kappa shape index (κ1) is 14.7. The van der Waals surface area contributed by atoms with Crippen molar-refractivity contribution in [2.45, 2.75) is 30.8 Å². The Morgan fingerprint density at radius 2 is 1.88 bits per heavy atom. The highest BCUT2D eigenvalue weighted by atomic mass is 19.3. The van der Waals surface area contributed by atoms with Crippen molar-refractivity contribution in [2.75, 3.05) is 33.3 Å². The molecule has 17 heavy (non-hydrogen) atoms. The number of rotatable bonds is 5. The van der Waals surface area contributed by atoms with E-state index in [-0.39, 0.29) is 0 Å². The van der Waals surface area contributed by atoms with E-state index in [4.69, 9.17) is 10.5 Å². The number of halogens is 4. The molecule has 7 heteroatoms. The van der Waals surface area contributed by atoms with Gasteiger partial charge in [0.25, 0.3) is 0 Å². The lowest BCUT2D eigenvalue weighted by Gasteiger charge is -2.40. The fraction of sp³-hybridized carbons (Fsp3) is 1.00. The van der Waals surface area contributed by atoms with Crippen LogP contribution in [0.25, 0.3) is 0 Å². The third-order valence-corrected chi connectivity index (χ3v) is 3.33. The Balaban J connectivity index is 2.47. The van der Waals surface area contributed by atoms with Gasteiger partial charge in [0.15, 0.2) is 0 Å². The molecular weight excluding hydrogens is 240 g/mol. The summed E-state index contributed by atoms with van der Waals surface area (Å²) in [5.41, 5.74) is 5.07. The number of hydrogen-bond acceptors (Lipinski definition) is 3. The molecule has 0 aliphatic carbocycles. The van der Waals surface area contributed by atoms with E-state index in [0.29, 0.717) is 32.5 Å². The monoisotopic (exact) mass is 258 g/mol. The molecule has 0 radical (unpaired) electrons. The number of piperidine rings is 1. The van der Waals surface area contributed by atoms with Gasteiger partial charge >= 0.3 is 12.3 Å². The second kappa shape index (κ2) is 5.49. The number of ether oxygens (including phenoxy) is 1. The van der Waals surface area contributed by atoms with E-state index >= 15 is 0 Å².